The van der Waals surface area contributed by atoms with Crippen LogP contribution in [-0.2, 0) is 10.0 Å². The van der Waals surface area contributed by atoms with Crippen molar-refractivity contribution >= 4 is 21.6 Å². The van der Waals surface area contributed by atoms with Crippen LogP contribution in [0.15, 0.2) is 53.4 Å². The van der Waals surface area contributed by atoms with Gasteiger partial charge in [0, 0.05) is 5.02 Å². The predicted molar refractivity (Wildman–Crippen MR) is 73.6 cm³/mol. The van der Waals surface area contributed by atoms with E-state index in [9.17, 15) is 8.42 Å². The highest BCUT2D eigenvalue weighted by Gasteiger charge is 2.14. The number of hydrogen-bond acceptors (Lipinski definition) is 3. The Labute approximate surface area is 117 Å². The van der Waals surface area contributed by atoms with Gasteiger partial charge in [-0.2, -0.15) is 0 Å². The van der Waals surface area contributed by atoms with Crippen LogP contribution in [0.4, 0.5) is 0 Å². The molecular weight excluding hydrogens is 286 g/mol. The van der Waals surface area contributed by atoms with Gasteiger partial charge in [-0.1, -0.05) is 29.3 Å². The van der Waals surface area contributed by atoms with E-state index in [1.54, 1.807) is 36.4 Å². The molecule has 6 heteroatoms. The molecule has 0 amide bonds. The van der Waals surface area contributed by atoms with E-state index in [2.05, 4.69) is 4.89 Å². The van der Waals surface area contributed by atoms with Gasteiger partial charge >= 0.3 is 0 Å². The van der Waals surface area contributed by atoms with Crippen molar-refractivity contribution in [3.63, 3.8) is 0 Å². The maximum absolute atomic E-state index is 11.9. The van der Waals surface area contributed by atoms with Crippen molar-refractivity contribution in [1.29, 1.82) is 0 Å². The van der Waals surface area contributed by atoms with Crippen LogP contribution in [-0.4, -0.2) is 8.42 Å². The van der Waals surface area contributed by atoms with E-state index in [1.165, 1.54) is 12.1 Å². The molecule has 1 N–H and O–H groups in total. The summed E-state index contributed by atoms with van der Waals surface area (Å²) in [6.45, 7) is 1.88. The summed E-state index contributed by atoms with van der Waals surface area (Å²) in [5.41, 5.74) is 0.984. The minimum atomic E-state index is -3.69. The van der Waals surface area contributed by atoms with Crippen molar-refractivity contribution in [2.45, 2.75) is 11.8 Å². The first-order valence-corrected chi connectivity index (χ1v) is 7.34. The van der Waals surface area contributed by atoms with E-state index >= 15 is 0 Å². The first-order chi connectivity index (χ1) is 8.97. The molecule has 100 valence electrons. The minimum Gasteiger partial charge on any atom is -0.394 e. The van der Waals surface area contributed by atoms with Gasteiger partial charge in [-0.3, -0.25) is 0 Å². The van der Waals surface area contributed by atoms with Crippen molar-refractivity contribution in [2.75, 3.05) is 0 Å². The summed E-state index contributed by atoms with van der Waals surface area (Å²) >= 11 is 5.72. The zero-order chi connectivity index (χ0) is 13.9. The second kappa shape index (κ2) is 5.61. The molecular formula is C13H12ClNO3S. The standard InChI is InChI=1S/C13H12ClNO3S/c1-10-2-8-13(9-3-10)19(16,17)15-18-12-6-4-11(14)5-7-12/h2-9,15H,1H3. The number of sulfonamides is 1. The first-order valence-electron chi connectivity index (χ1n) is 5.48. The topological polar surface area (TPSA) is 55.4 Å². The lowest BCUT2D eigenvalue weighted by Crippen LogP contribution is -2.27. The van der Waals surface area contributed by atoms with Gasteiger partial charge in [-0.25, -0.2) is 8.42 Å². The fourth-order valence-corrected chi connectivity index (χ4v) is 2.29. The Hall–Kier alpha value is -1.56. The van der Waals surface area contributed by atoms with Gasteiger partial charge in [0.05, 0.1) is 4.90 Å². The Morgan fingerprint density at radius 3 is 2.16 bits per heavy atom. The fraction of sp³-hybridized carbons (Fsp3) is 0.0769. The first kappa shape index (κ1) is 13.9. The Morgan fingerprint density at radius 2 is 1.58 bits per heavy atom. The molecule has 0 saturated carbocycles. The van der Waals surface area contributed by atoms with E-state index in [0.29, 0.717) is 10.8 Å². The Kier molecular flexibility index (Phi) is 4.09. The molecule has 0 bridgehead atoms. The van der Waals surface area contributed by atoms with Crippen molar-refractivity contribution in [3.8, 4) is 5.75 Å². The SMILES string of the molecule is Cc1ccc(S(=O)(=O)NOc2ccc(Cl)cc2)cc1. The quantitative estimate of drug-likeness (QED) is 0.883. The number of halogens is 1. The number of nitrogens with one attached hydrogen (secondary N) is 1. The van der Waals surface area contributed by atoms with Crippen LogP contribution in [0.25, 0.3) is 0 Å². The van der Waals surface area contributed by atoms with Gasteiger partial charge < -0.3 is 4.84 Å². The molecule has 0 aliphatic carbocycles. The summed E-state index contributed by atoms with van der Waals surface area (Å²) in [5.74, 6) is 0.361. The maximum Gasteiger partial charge on any atom is 0.271 e. The molecule has 0 unspecified atom stereocenters. The van der Waals surface area contributed by atoms with Gasteiger partial charge in [-0.05, 0) is 48.2 Å². The van der Waals surface area contributed by atoms with Crippen molar-refractivity contribution in [3.05, 3.63) is 59.1 Å². The molecule has 0 spiro atoms. The number of benzene rings is 2. The zero-order valence-corrected chi connectivity index (χ0v) is 11.7. The molecule has 0 radical (unpaired) electrons. The highest BCUT2D eigenvalue weighted by atomic mass is 35.5. The number of aryl methyl sites for hydroxylation is 1. The minimum absolute atomic E-state index is 0.145. The van der Waals surface area contributed by atoms with E-state index in [-0.39, 0.29) is 4.90 Å². The van der Waals surface area contributed by atoms with Gasteiger partial charge in [0.1, 0.15) is 5.75 Å². The van der Waals surface area contributed by atoms with E-state index in [0.717, 1.165) is 5.56 Å². The van der Waals surface area contributed by atoms with Crippen molar-refractivity contribution < 1.29 is 13.3 Å². The van der Waals surface area contributed by atoms with E-state index in [1.807, 2.05) is 6.92 Å². The molecule has 0 aliphatic rings. The summed E-state index contributed by atoms with van der Waals surface area (Å²) in [6.07, 6.45) is 0. The van der Waals surface area contributed by atoms with Crippen LogP contribution >= 0.6 is 11.6 Å². The summed E-state index contributed by atoms with van der Waals surface area (Å²) in [6, 6.07) is 12.8. The third-order valence-corrected chi connectivity index (χ3v) is 3.86. The van der Waals surface area contributed by atoms with Crippen LogP contribution in [0.3, 0.4) is 0 Å². The molecule has 0 fully saturated rings. The van der Waals surface area contributed by atoms with E-state index < -0.39 is 10.0 Å². The summed E-state index contributed by atoms with van der Waals surface area (Å²) < 4.78 is 23.8. The van der Waals surface area contributed by atoms with Crippen LogP contribution in [0.5, 0.6) is 5.75 Å². The molecule has 0 aromatic heterocycles. The smallest absolute Gasteiger partial charge is 0.271 e. The third-order valence-electron chi connectivity index (χ3n) is 2.41. The largest absolute Gasteiger partial charge is 0.394 e. The molecule has 2 rings (SSSR count). The Bertz CT molecular complexity index is 651. The van der Waals surface area contributed by atoms with Gasteiger partial charge in [-0.15, -0.1) is 0 Å². The normalized spacial score (nSPS) is 11.3. The van der Waals surface area contributed by atoms with Gasteiger partial charge in [0.2, 0.25) is 0 Å². The molecule has 0 atom stereocenters. The molecule has 4 nitrogen and oxygen atoms in total. The van der Waals surface area contributed by atoms with Gasteiger partial charge in [0.15, 0.2) is 0 Å². The monoisotopic (exact) mass is 297 g/mol. The van der Waals surface area contributed by atoms with Crippen LogP contribution < -0.4 is 9.72 Å². The lowest BCUT2D eigenvalue weighted by Gasteiger charge is -2.08. The highest BCUT2D eigenvalue weighted by Crippen LogP contribution is 2.16. The second-order valence-corrected chi connectivity index (χ2v) is 6.04. The molecule has 19 heavy (non-hydrogen) atoms. The zero-order valence-electron chi connectivity index (χ0n) is 10.1. The summed E-state index contributed by atoms with van der Waals surface area (Å²) in [4.78, 5) is 7.22. The third kappa shape index (κ3) is 3.70. The van der Waals surface area contributed by atoms with Crippen LogP contribution in [0.2, 0.25) is 5.02 Å². The lowest BCUT2D eigenvalue weighted by atomic mass is 10.2. The van der Waals surface area contributed by atoms with Crippen LogP contribution in [0, 0.1) is 6.92 Å². The molecule has 0 saturated heterocycles. The molecule has 0 aliphatic heterocycles. The lowest BCUT2D eigenvalue weighted by molar-refractivity contribution is 0.269. The number of hydrogen-bond donors (Lipinski definition) is 1. The Morgan fingerprint density at radius 1 is 1.00 bits per heavy atom. The second-order valence-electron chi connectivity index (χ2n) is 3.96. The maximum atomic E-state index is 11.9. The van der Waals surface area contributed by atoms with Crippen molar-refractivity contribution in [2.24, 2.45) is 0 Å². The molecule has 2 aromatic rings. The van der Waals surface area contributed by atoms with E-state index in [4.69, 9.17) is 16.4 Å². The molecule has 0 heterocycles. The average molecular weight is 298 g/mol. The number of rotatable bonds is 4. The average Bonchev–Trinajstić information content (AvgIpc) is 2.39. The van der Waals surface area contributed by atoms with Gasteiger partial charge in [0.25, 0.3) is 10.0 Å². The summed E-state index contributed by atoms with van der Waals surface area (Å²) in [5, 5.41) is 0.550. The summed E-state index contributed by atoms with van der Waals surface area (Å²) in [7, 11) is -3.69. The molecule has 2 aromatic carbocycles. The van der Waals surface area contributed by atoms with Crippen LogP contribution in [0.1, 0.15) is 5.56 Å². The predicted octanol–water partition coefficient (Wildman–Crippen LogP) is 2.92. The fourth-order valence-electron chi connectivity index (χ4n) is 1.37. The van der Waals surface area contributed by atoms with Crippen molar-refractivity contribution in [1.82, 2.24) is 4.89 Å². The Balaban J connectivity index is 2.09. The highest BCUT2D eigenvalue weighted by molar-refractivity contribution is 7.89.